The van der Waals surface area contributed by atoms with Crippen LogP contribution in [0.5, 0.6) is 5.75 Å². The van der Waals surface area contributed by atoms with Gasteiger partial charge in [-0.15, -0.1) is 0 Å². The van der Waals surface area contributed by atoms with Crippen molar-refractivity contribution in [3.05, 3.63) is 132 Å². The minimum Gasteiger partial charge on any atom is -0.489 e. The van der Waals surface area contributed by atoms with Crippen LogP contribution in [0.15, 0.2) is 114 Å². The smallest absolute Gasteiger partial charge is 0.156 e. The molecule has 172 valence electrons. The number of rotatable bonds is 7. The summed E-state index contributed by atoms with van der Waals surface area (Å²) in [5.41, 5.74) is 5.92. The number of para-hydroxylation sites is 1. The highest BCUT2D eigenvalue weighted by molar-refractivity contribution is 5.82. The highest BCUT2D eigenvalue weighted by Crippen LogP contribution is 2.27. The van der Waals surface area contributed by atoms with Gasteiger partial charge in [0.15, 0.2) is 5.82 Å². The van der Waals surface area contributed by atoms with Crippen LogP contribution in [0.1, 0.15) is 16.7 Å². The highest BCUT2D eigenvalue weighted by atomic mass is 19.1. The van der Waals surface area contributed by atoms with Gasteiger partial charge in [0.05, 0.1) is 11.4 Å². The van der Waals surface area contributed by atoms with E-state index in [1.54, 1.807) is 12.1 Å². The molecule has 0 amide bonds. The summed E-state index contributed by atoms with van der Waals surface area (Å²) in [6.45, 7) is 2.45. The maximum atomic E-state index is 13.1. The Morgan fingerprint density at radius 1 is 0.857 bits per heavy atom. The van der Waals surface area contributed by atoms with Gasteiger partial charge in [-0.05, 0) is 66.6 Å². The SMILES string of the molecule is Cc1ccc(-c2cc(N=Cc3ccc(OCc4ccc(F)cc4)cc3)n(-c3ccccc3)n2)cc1. The summed E-state index contributed by atoms with van der Waals surface area (Å²) < 4.78 is 20.7. The second-order valence-electron chi connectivity index (χ2n) is 8.24. The summed E-state index contributed by atoms with van der Waals surface area (Å²) in [5, 5.41) is 4.82. The molecule has 5 heteroatoms. The number of hydrogen-bond acceptors (Lipinski definition) is 3. The highest BCUT2D eigenvalue weighted by Gasteiger charge is 2.10. The number of halogens is 1. The molecule has 5 rings (SSSR count). The second-order valence-corrected chi connectivity index (χ2v) is 8.24. The van der Waals surface area contributed by atoms with Gasteiger partial charge in [-0.3, -0.25) is 0 Å². The molecule has 1 heterocycles. The van der Waals surface area contributed by atoms with Gasteiger partial charge in [0.1, 0.15) is 18.2 Å². The van der Waals surface area contributed by atoms with E-state index in [2.05, 4.69) is 31.2 Å². The van der Waals surface area contributed by atoms with Crippen LogP contribution in [0.4, 0.5) is 10.2 Å². The lowest BCUT2D eigenvalue weighted by Gasteiger charge is -2.06. The molecule has 1 aromatic heterocycles. The van der Waals surface area contributed by atoms with Crippen molar-refractivity contribution in [2.75, 3.05) is 0 Å². The first-order valence-electron chi connectivity index (χ1n) is 11.4. The number of aliphatic imine (C=N–C) groups is 1. The first-order chi connectivity index (χ1) is 17.1. The summed E-state index contributed by atoms with van der Waals surface area (Å²) >= 11 is 0. The van der Waals surface area contributed by atoms with Crippen LogP contribution >= 0.6 is 0 Å². The van der Waals surface area contributed by atoms with Crippen LogP contribution in [0.2, 0.25) is 0 Å². The van der Waals surface area contributed by atoms with E-state index in [9.17, 15) is 4.39 Å². The molecule has 0 N–H and O–H groups in total. The summed E-state index contributed by atoms with van der Waals surface area (Å²) in [6.07, 6.45) is 1.82. The predicted octanol–water partition coefficient (Wildman–Crippen LogP) is 7.32. The summed E-state index contributed by atoms with van der Waals surface area (Å²) in [4.78, 5) is 4.75. The van der Waals surface area contributed by atoms with Crippen molar-refractivity contribution in [2.45, 2.75) is 13.5 Å². The van der Waals surface area contributed by atoms with Gasteiger partial charge in [-0.25, -0.2) is 14.1 Å². The van der Waals surface area contributed by atoms with E-state index >= 15 is 0 Å². The molecule has 0 fully saturated rings. The van der Waals surface area contributed by atoms with Crippen molar-refractivity contribution in [3.8, 4) is 22.7 Å². The van der Waals surface area contributed by atoms with Crippen molar-refractivity contribution in [3.63, 3.8) is 0 Å². The molecule has 35 heavy (non-hydrogen) atoms. The number of nitrogens with zero attached hydrogens (tertiary/aromatic N) is 3. The first-order valence-corrected chi connectivity index (χ1v) is 11.4. The lowest BCUT2D eigenvalue weighted by atomic mass is 10.1. The monoisotopic (exact) mass is 461 g/mol. The molecule has 0 saturated heterocycles. The summed E-state index contributed by atoms with van der Waals surface area (Å²) in [6, 6.07) is 34.3. The van der Waals surface area contributed by atoms with E-state index in [-0.39, 0.29) is 5.82 Å². The van der Waals surface area contributed by atoms with Crippen LogP contribution in [-0.4, -0.2) is 16.0 Å². The number of ether oxygens (including phenoxy) is 1. The topological polar surface area (TPSA) is 39.4 Å². The zero-order valence-corrected chi connectivity index (χ0v) is 19.3. The van der Waals surface area contributed by atoms with Crippen LogP contribution in [0.25, 0.3) is 16.9 Å². The Morgan fingerprint density at radius 3 is 2.29 bits per heavy atom. The van der Waals surface area contributed by atoms with Gasteiger partial charge < -0.3 is 4.74 Å². The molecule has 0 aliphatic carbocycles. The second kappa shape index (κ2) is 10.2. The third kappa shape index (κ3) is 5.53. The molecular weight excluding hydrogens is 437 g/mol. The zero-order valence-electron chi connectivity index (χ0n) is 19.3. The van der Waals surface area contributed by atoms with Crippen molar-refractivity contribution in [1.29, 1.82) is 0 Å². The Bertz CT molecular complexity index is 1420. The predicted molar refractivity (Wildman–Crippen MR) is 138 cm³/mol. The average molecular weight is 462 g/mol. The standard InChI is InChI=1S/C30H24FN3O/c1-22-7-13-25(14-8-22)29-19-30(34(33-29)27-5-3-2-4-6-27)32-20-23-11-17-28(18-12-23)35-21-24-9-15-26(31)16-10-24/h2-20H,21H2,1H3. The van der Waals surface area contributed by atoms with E-state index in [0.29, 0.717) is 6.61 Å². The summed E-state index contributed by atoms with van der Waals surface area (Å²) in [7, 11) is 0. The Kier molecular flexibility index (Phi) is 6.48. The van der Waals surface area contributed by atoms with Gasteiger partial charge in [-0.2, -0.15) is 5.10 Å². The lowest BCUT2D eigenvalue weighted by molar-refractivity contribution is 0.306. The quantitative estimate of drug-likeness (QED) is 0.238. The maximum Gasteiger partial charge on any atom is 0.156 e. The molecule has 4 nitrogen and oxygen atoms in total. The third-order valence-electron chi connectivity index (χ3n) is 5.58. The van der Waals surface area contributed by atoms with Gasteiger partial charge >= 0.3 is 0 Å². The molecule has 0 bridgehead atoms. The van der Waals surface area contributed by atoms with Gasteiger partial charge in [0, 0.05) is 17.8 Å². The number of aromatic nitrogens is 2. The Morgan fingerprint density at radius 2 is 1.57 bits per heavy atom. The van der Waals surface area contributed by atoms with E-state index < -0.39 is 0 Å². The Hall–Kier alpha value is -4.51. The van der Waals surface area contributed by atoms with Crippen LogP contribution in [-0.2, 0) is 6.61 Å². The molecule has 0 aliphatic rings. The average Bonchev–Trinajstić information content (AvgIpc) is 3.33. The third-order valence-corrected chi connectivity index (χ3v) is 5.58. The van der Waals surface area contributed by atoms with Crippen LogP contribution < -0.4 is 4.74 Å². The molecule has 0 unspecified atom stereocenters. The summed E-state index contributed by atoms with van der Waals surface area (Å²) in [5.74, 6) is 1.22. The number of aryl methyl sites for hydroxylation is 1. The number of benzene rings is 4. The molecule has 4 aromatic carbocycles. The van der Waals surface area contributed by atoms with E-state index in [1.165, 1.54) is 17.7 Å². The van der Waals surface area contributed by atoms with Crippen LogP contribution in [0.3, 0.4) is 0 Å². The molecule has 0 saturated carbocycles. The maximum absolute atomic E-state index is 13.1. The molecular formula is C30H24FN3O. The Labute approximate surface area is 204 Å². The van der Waals surface area contributed by atoms with Crippen molar-refractivity contribution < 1.29 is 9.13 Å². The Balaban J connectivity index is 1.35. The van der Waals surface area contributed by atoms with Gasteiger partial charge in [0.2, 0.25) is 0 Å². The van der Waals surface area contributed by atoms with Crippen molar-refractivity contribution >= 4 is 12.0 Å². The van der Waals surface area contributed by atoms with Crippen molar-refractivity contribution in [1.82, 2.24) is 9.78 Å². The molecule has 0 spiro atoms. The van der Waals surface area contributed by atoms with E-state index in [1.807, 2.05) is 71.6 Å². The fraction of sp³-hybridized carbons (Fsp3) is 0.0667. The molecule has 0 radical (unpaired) electrons. The zero-order chi connectivity index (χ0) is 24.0. The lowest BCUT2D eigenvalue weighted by Crippen LogP contribution is -1.96. The first kappa shape index (κ1) is 22.3. The largest absolute Gasteiger partial charge is 0.489 e. The minimum absolute atomic E-state index is 0.253. The minimum atomic E-state index is -0.253. The van der Waals surface area contributed by atoms with Gasteiger partial charge in [0.25, 0.3) is 0 Å². The van der Waals surface area contributed by atoms with Gasteiger partial charge in [-0.1, -0.05) is 60.2 Å². The molecule has 5 aromatic rings. The fourth-order valence-corrected chi connectivity index (χ4v) is 3.63. The van der Waals surface area contributed by atoms with Crippen molar-refractivity contribution in [2.24, 2.45) is 4.99 Å². The van der Waals surface area contributed by atoms with E-state index in [0.717, 1.165) is 39.6 Å². The van der Waals surface area contributed by atoms with Crippen LogP contribution in [0, 0.1) is 12.7 Å². The molecule has 0 aliphatic heterocycles. The van der Waals surface area contributed by atoms with E-state index in [4.69, 9.17) is 14.8 Å². The fourth-order valence-electron chi connectivity index (χ4n) is 3.63. The molecule has 0 atom stereocenters. The number of hydrogen-bond donors (Lipinski definition) is 0. The normalized spacial score (nSPS) is 11.1.